The normalized spacial score (nSPS) is 22.8. The molecule has 1 heterocycles. The Morgan fingerprint density at radius 3 is 2.67 bits per heavy atom. The van der Waals surface area contributed by atoms with E-state index in [0.29, 0.717) is 23.4 Å². The van der Waals surface area contributed by atoms with E-state index in [0.717, 1.165) is 24.3 Å². The fraction of sp³-hybridized carbons (Fsp3) is 0.500. The van der Waals surface area contributed by atoms with E-state index in [4.69, 9.17) is 18.0 Å². The summed E-state index contributed by atoms with van der Waals surface area (Å²) in [4.78, 5) is 14.7. The number of hydrogen-bond acceptors (Lipinski definition) is 3. The van der Waals surface area contributed by atoms with E-state index in [2.05, 4.69) is 24.1 Å². The maximum atomic E-state index is 12.2. The number of hydrogen-bond donors (Lipinski definition) is 2. The lowest BCUT2D eigenvalue weighted by Gasteiger charge is -2.34. The molecule has 1 aromatic carbocycles. The molecule has 0 saturated carbocycles. The summed E-state index contributed by atoms with van der Waals surface area (Å²) in [6, 6.07) is 7.34. The highest BCUT2D eigenvalue weighted by Crippen LogP contribution is 2.20. The lowest BCUT2D eigenvalue weighted by atomic mass is 9.92. The number of rotatable bonds is 4. The summed E-state index contributed by atoms with van der Waals surface area (Å²) in [7, 11) is 0. The second-order valence-corrected chi connectivity index (χ2v) is 6.57. The first-order valence-electron chi connectivity index (χ1n) is 7.36. The van der Waals surface area contributed by atoms with Gasteiger partial charge in [0.2, 0.25) is 5.91 Å². The number of nitrogens with one attached hydrogen (secondary N) is 1. The molecule has 0 aliphatic carbocycles. The summed E-state index contributed by atoms with van der Waals surface area (Å²) in [5, 5.41) is 2.92. The van der Waals surface area contributed by atoms with Gasteiger partial charge >= 0.3 is 0 Å². The molecule has 4 nitrogen and oxygen atoms in total. The molecule has 0 bridgehead atoms. The summed E-state index contributed by atoms with van der Waals surface area (Å²) in [5.41, 5.74) is 7.11. The second kappa shape index (κ2) is 7.00. The maximum absolute atomic E-state index is 12.2. The van der Waals surface area contributed by atoms with Crippen LogP contribution in [0.4, 0.5) is 5.69 Å². The first kappa shape index (κ1) is 15.9. The first-order valence-corrected chi connectivity index (χ1v) is 7.77. The van der Waals surface area contributed by atoms with E-state index in [1.165, 1.54) is 6.42 Å². The standard InChI is InChI=1S/C16H23N3OS/c1-11-6-12(2)9-19(8-11)10-15(20)18-14-5-3-4-13(7-14)16(17)21/h3-5,7,11-12H,6,8-10H2,1-2H3,(H2,17,21)(H,18,20). The Labute approximate surface area is 131 Å². The molecule has 1 aliphatic rings. The highest BCUT2D eigenvalue weighted by Gasteiger charge is 2.23. The summed E-state index contributed by atoms with van der Waals surface area (Å²) >= 11 is 4.95. The van der Waals surface area contributed by atoms with Crippen LogP contribution in [0.25, 0.3) is 0 Å². The molecule has 1 aromatic rings. The van der Waals surface area contributed by atoms with Gasteiger partial charge in [-0.05, 0) is 30.4 Å². The Balaban J connectivity index is 1.92. The fourth-order valence-corrected chi connectivity index (χ4v) is 3.20. The van der Waals surface area contributed by atoms with Crippen molar-refractivity contribution in [3.8, 4) is 0 Å². The van der Waals surface area contributed by atoms with Gasteiger partial charge in [-0.2, -0.15) is 0 Å². The monoisotopic (exact) mass is 305 g/mol. The molecular formula is C16H23N3OS. The van der Waals surface area contributed by atoms with Crippen LogP contribution in [0, 0.1) is 11.8 Å². The highest BCUT2D eigenvalue weighted by molar-refractivity contribution is 7.80. The van der Waals surface area contributed by atoms with Gasteiger partial charge in [0.25, 0.3) is 0 Å². The summed E-state index contributed by atoms with van der Waals surface area (Å²) < 4.78 is 0. The Morgan fingerprint density at radius 2 is 2.05 bits per heavy atom. The molecule has 3 N–H and O–H groups in total. The molecule has 1 amide bonds. The number of anilines is 1. The fourth-order valence-electron chi connectivity index (χ4n) is 3.07. The third kappa shape index (κ3) is 4.79. The number of carbonyl (C=O) groups is 1. The third-order valence-corrected chi connectivity index (χ3v) is 3.98. The number of piperidine rings is 1. The Kier molecular flexibility index (Phi) is 5.31. The van der Waals surface area contributed by atoms with Crippen LogP contribution >= 0.6 is 12.2 Å². The molecule has 0 radical (unpaired) electrons. The zero-order chi connectivity index (χ0) is 15.4. The quantitative estimate of drug-likeness (QED) is 0.838. The minimum absolute atomic E-state index is 0.0105. The average molecular weight is 305 g/mol. The lowest BCUT2D eigenvalue weighted by Crippen LogP contribution is -2.42. The van der Waals surface area contributed by atoms with Crippen LogP contribution in [0.1, 0.15) is 25.8 Å². The van der Waals surface area contributed by atoms with Crippen LogP contribution in [0.5, 0.6) is 0 Å². The van der Waals surface area contributed by atoms with Gasteiger partial charge in [0.15, 0.2) is 0 Å². The number of nitrogens with zero attached hydrogens (tertiary/aromatic N) is 1. The third-order valence-electron chi connectivity index (χ3n) is 3.74. The van der Waals surface area contributed by atoms with Crippen molar-refractivity contribution in [1.82, 2.24) is 4.90 Å². The van der Waals surface area contributed by atoms with E-state index in [1.807, 2.05) is 24.3 Å². The smallest absolute Gasteiger partial charge is 0.238 e. The topological polar surface area (TPSA) is 58.4 Å². The van der Waals surface area contributed by atoms with Gasteiger partial charge in [-0.3, -0.25) is 9.69 Å². The molecule has 21 heavy (non-hydrogen) atoms. The van der Waals surface area contributed by atoms with E-state index in [1.54, 1.807) is 0 Å². The van der Waals surface area contributed by atoms with E-state index < -0.39 is 0 Å². The number of benzene rings is 1. The van der Waals surface area contributed by atoms with Gasteiger partial charge in [-0.25, -0.2) is 0 Å². The summed E-state index contributed by atoms with van der Waals surface area (Å²) in [6.45, 7) is 6.90. The SMILES string of the molecule is CC1CC(C)CN(CC(=O)Nc2cccc(C(N)=S)c2)C1. The highest BCUT2D eigenvalue weighted by atomic mass is 32.1. The summed E-state index contributed by atoms with van der Waals surface area (Å²) in [6.07, 6.45) is 1.24. The van der Waals surface area contributed by atoms with Crippen LogP contribution in [-0.4, -0.2) is 35.4 Å². The van der Waals surface area contributed by atoms with Crippen LogP contribution in [-0.2, 0) is 4.79 Å². The van der Waals surface area contributed by atoms with Crippen molar-refractivity contribution >= 4 is 28.8 Å². The number of carbonyl (C=O) groups excluding carboxylic acids is 1. The summed E-state index contributed by atoms with van der Waals surface area (Å²) in [5.74, 6) is 1.32. The van der Waals surface area contributed by atoms with E-state index in [9.17, 15) is 4.79 Å². The molecule has 2 rings (SSSR count). The van der Waals surface area contributed by atoms with Crippen molar-refractivity contribution in [2.24, 2.45) is 17.6 Å². The molecule has 2 unspecified atom stereocenters. The van der Waals surface area contributed by atoms with Crippen molar-refractivity contribution in [3.63, 3.8) is 0 Å². The molecule has 5 heteroatoms. The minimum atomic E-state index is 0.0105. The van der Waals surface area contributed by atoms with Gasteiger partial charge in [-0.1, -0.05) is 38.2 Å². The lowest BCUT2D eigenvalue weighted by molar-refractivity contribution is -0.117. The predicted octanol–water partition coefficient (Wildman–Crippen LogP) is 2.24. The molecule has 1 saturated heterocycles. The van der Waals surface area contributed by atoms with Gasteiger partial charge < -0.3 is 11.1 Å². The van der Waals surface area contributed by atoms with Crippen LogP contribution in [0.15, 0.2) is 24.3 Å². The molecule has 114 valence electrons. The minimum Gasteiger partial charge on any atom is -0.389 e. The van der Waals surface area contributed by atoms with Crippen LogP contribution < -0.4 is 11.1 Å². The van der Waals surface area contributed by atoms with Crippen LogP contribution in [0.2, 0.25) is 0 Å². The predicted molar refractivity (Wildman–Crippen MR) is 90.3 cm³/mol. The molecule has 0 aromatic heterocycles. The molecular weight excluding hydrogens is 282 g/mol. The second-order valence-electron chi connectivity index (χ2n) is 6.13. The number of nitrogens with two attached hydrogens (primary N) is 1. The molecule has 1 aliphatic heterocycles. The van der Waals surface area contributed by atoms with Gasteiger partial charge in [-0.15, -0.1) is 0 Å². The van der Waals surface area contributed by atoms with Gasteiger partial charge in [0.1, 0.15) is 4.99 Å². The van der Waals surface area contributed by atoms with Gasteiger partial charge in [0.05, 0.1) is 6.54 Å². The van der Waals surface area contributed by atoms with Crippen molar-refractivity contribution in [2.45, 2.75) is 20.3 Å². The van der Waals surface area contributed by atoms with Crippen molar-refractivity contribution in [3.05, 3.63) is 29.8 Å². The molecule has 0 spiro atoms. The largest absolute Gasteiger partial charge is 0.389 e. The van der Waals surface area contributed by atoms with E-state index >= 15 is 0 Å². The van der Waals surface area contributed by atoms with Crippen molar-refractivity contribution in [1.29, 1.82) is 0 Å². The number of likely N-dealkylation sites (tertiary alicyclic amines) is 1. The van der Waals surface area contributed by atoms with Crippen molar-refractivity contribution < 1.29 is 4.79 Å². The number of amides is 1. The van der Waals surface area contributed by atoms with E-state index in [-0.39, 0.29) is 5.91 Å². The Hall–Kier alpha value is -1.46. The molecule has 1 fully saturated rings. The van der Waals surface area contributed by atoms with Crippen molar-refractivity contribution in [2.75, 3.05) is 25.0 Å². The van der Waals surface area contributed by atoms with Gasteiger partial charge in [0, 0.05) is 24.3 Å². The number of thiocarbonyl (C=S) groups is 1. The van der Waals surface area contributed by atoms with Crippen LogP contribution in [0.3, 0.4) is 0 Å². The Bertz CT molecular complexity index is 522. The average Bonchev–Trinajstić information content (AvgIpc) is 2.37. The first-order chi connectivity index (χ1) is 9.94. The zero-order valence-corrected chi connectivity index (χ0v) is 13.5. The molecule has 2 atom stereocenters. The zero-order valence-electron chi connectivity index (χ0n) is 12.6. The maximum Gasteiger partial charge on any atom is 0.238 e. The Morgan fingerprint density at radius 1 is 1.38 bits per heavy atom.